The lowest BCUT2D eigenvalue weighted by molar-refractivity contribution is -0.135. The summed E-state index contributed by atoms with van der Waals surface area (Å²) in [5.74, 6) is -5.59. The average Bonchev–Trinajstić information content (AvgIpc) is 2.60. The van der Waals surface area contributed by atoms with E-state index in [2.05, 4.69) is 5.32 Å². The highest BCUT2D eigenvalue weighted by atomic mass is 32.2. The number of carbonyl (C=O) groups excluding carboxylic acids is 1. The summed E-state index contributed by atoms with van der Waals surface area (Å²) < 4.78 is 40.3. The minimum Gasteiger partial charge on any atom is -0.379 e. The van der Waals surface area contributed by atoms with Crippen LogP contribution in [0.25, 0.3) is 0 Å². The van der Waals surface area contributed by atoms with Gasteiger partial charge in [-0.05, 0) is 50.3 Å². The Balaban J connectivity index is 2.02. The maximum atomic E-state index is 13.7. The standard InChI is InChI=1S/C19H19F3N2O2S/c1-18(26,11-27-15-7-4-13(20)5-8-15)17(25)24-14-6-3-12(10-23)16(9-14)19(2,21)22/h3-8,16,26H,9,11H2,1-2H3,(H,24,25). The topological polar surface area (TPSA) is 73.1 Å². The maximum Gasteiger partial charge on any atom is 0.256 e. The molecule has 8 heteroatoms. The van der Waals surface area contributed by atoms with Crippen LogP contribution in [0.15, 0.2) is 52.6 Å². The minimum absolute atomic E-state index is 0.00953. The molecule has 4 nitrogen and oxygen atoms in total. The predicted octanol–water partition coefficient (Wildman–Crippen LogP) is 3.79. The molecule has 0 radical (unpaired) electrons. The molecule has 1 aromatic rings. The molecule has 0 aliphatic heterocycles. The van der Waals surface area contributed by atoms with Gasteiger partial charge < -0.3 is 10.4 Å². The molecular formula is C19H19F3N2O2S. The number of amides is 1. The number of aliphatic hydroxyl groups is 1. The van der Waals surface area contributed by atoms with E-state index in [4.69, 9.17) is 5.26 Å². The number of halogens is 3. The molecule has 2 N–H and O–H groups in total. The number of rotatable bonds is 6. The van der Waals surface area contributed by atoms with Gasteiger partial charge in [0.1, 0.15) is 11.4 Å². The quantitative estimate of drug-likeness (QED) is 0.718. The molecule has 0 aromatic heterocycles. The Morgan fingerprint density at radius 1 is 1.33 bits per heavy atom. The van der Waals surface area contributed by atoms with Crippen LogP contribution in [0.5, 0.6) is 0 Å². The first-order valence-corrected chi connectivity index (χ1v) is 9.12. The van der Waals surface area contributed by atoms with Crippen LogP contribution < -0.4 is 5.32 Å². The molecule has 1 aliphatic rings. The summed E-state index contributed by atoms with van der Waals surface area (Å²) in [6.07, 6.45) is 2.43. The van der Waals surface area contributed by atoms with Crippen molar-refractivity contribution in [2.24, 2.45) is 5.92 Å². The SMILES string of the molecule is CC(O)(CSc1ccc(F)cc1)C(=O)NC1=CC=C(C#N)C(C(C)(F)F)C1. The average molecular weight is 396 g/mol. The number of nitrogens with zero attached hydrogens (tertiary/aromatic N) is 1. The second-order valence-corrected chi connectivity index (χ2v) is 7.66. The third-order valence-electron chi connectivity index (χ3n) is 4.10. The van der Waals surface area contributed by atoms with E-state index in [1.807, 2.05) is 0 Å². The van der Waals surface area contributed by atoms with Gasteiger partial charge in [0.25, 0.3) is 11.8 Å². The predicted molar refractivity (Wildman–Crippen MR) is 96.4 cm³/mol. The Kier molecular flexibility index (Phi) is 6.39. The van der Waals surface area contributed by atoms with E-state index in [1.54, 1.807) is 6.07 Å². The molecule has 27 heavy (non-hydrogen) atoms. The molecule has 0 bridgehead atoms. The number of carbonyl (C=O) groups is 1. The highest BCUT2D eigenvalue weighted by Gasteiger charge is 2.40. The summed E-state index contributed by atoms with van der Waals surface area (Å²) in [5.41, 5.74) is -1.62. The van der Waals surface area contributed by atoms with E-state index >= 15 is 0 Å². The number of allylic oxidation sites excluding steroid dienone is 4. The van der Waals surface area contributed by atoms with Crippen molar-refractivity contribution in [2.75, 3.05) is 5.75 Å². The van der Waals surface area contributed by atoms with Crippen molar-refractivity contribution in [3.05, 3.63) is 53.5 Å². The van der Waals surface area contributed by atoms with Gasteiger partial charge in [-0.25, -0.2) is 13.2 Å². The van der Waals surface area contributed by atoms with Crippen LogP contribution in [0.2, 0.25) is 0 Å². The Morgan fingerprint density at radius 2 is 1.96 bits per heavy atom. The normalized spacial score (nSPS) is 19.4. The van der Waals surface area contributed by atoms with Gasteiger partial charge in [0.15, 0.2) is 0 Å². The van der Waals surface area contributed by atoms with Gasteiger partial charge in [-0.1, -0.05) is 0 Å². The van der Waals surface area contributed by atoms with Gasteiger partial charge in [0.05, 0.1) is 12.0 Å². The summed E-state index contributed by atoms with van der Waals surface area (Å²) in [6, 6.07) is 7.35. The molecule has 144 valence electrons. The number of hydrogen-bond donors (Lipinski definition) is 2. The van der Waals surface area contributed by atoms with Crippen LogP contribution in [-0.2, 0) is 4.79 Å². The van der Waals surface area contributed by atoms with Crippen molar-refractivity contribution in [1.29, 1.82) is 5.26 Å². The zero-order valence-corrected chi connectivity index (χ0v) is 15.6. The van der Waals surface area contributed by atoms with Crippen molar-refractivity contribution in [3.8, 4) is 6.07 Å². The second kappa shape index (κ2) is 8.19. The summed E-state index contributed by atoms with van der Waals surface area (Å²) >= 11 is 1.16. The molecule has 2 atom stereocenters. The lowest BCUT2D eigenvalue weighted by atomic mass is 9.85. The van der Waals surface area contributed by atoms with Crippen molar-refractivity contribution in [3.63, 3.8) is 0 Å². The van der Waals surface area contributed by atoms with Crippen LogP contribution in [0.3, 0.4) is 0 Å². The summed E-state index contributed by atoms with van der Waals surface area (Å²) in [7, 11) is 0. The molecule has 2 unspecified atom stereocenters. The molecule has 0 saturated carbocycles. The molecule has 0 fully saturated rings. The second-order valence-electron chi connectivity index (χ2n) is 6.61. The lowest BCUT2D eigenvalue weighted by Gasteiger charge is -2.28. The first kappa shape index (κ1) is 21.1. The van der Waals surface area contributed by atoms with Crippen LogP contribution >= 0.6 is 11.8 Å². The lowest BCUT2D eigenvalue weighted by Crippen LogP contribution is -2.46. The number of hydrogen-bond acceptors (Lipinski definition) is 4. The number of benzene rings is 1. The van der Waals surface area contributed by atoms with Crippen LogP contribution in [-0.4, -0.2) is 28.3 Å². The fourth-order valence-electron chi connectivity index (χ4n) is 2.47. The van der Waals surface area contributed by atoms with Crippen molar-refractivity contribution in [2.45, 2.75) is 36.7 Å². The monoisotopic (exact) mass is 396 g/mol. The van der Waals surface area contributed by atoms with Gasteiger partial charge in [-0.2, -0.15) is 5.26 Å². The number of alkyl halides is 2. The van der Waals surface area contributed by atoms with Gasteiger partial charge in [-0.3, -0.25) is 4.79 Å². The van der Waals surface area contributed by atoms with Crippen molar-refractivity contribution in [1.82, 2.24) is 5.32 Å². The van der Waals surface area contributed by atoms with Gasteiger partial charge in [0, 0.05) is 28.3 Å². The Bertz CT molecular complexity index is 806. The van der Waals surface area contributed by atoms with Crippen LogP contribution in [0, 0.1) is 23.1 Å². The maximum absolute atomic E-state index is 13.7. The zero-order valence-electron chi connectivity index (χ0n) is 14.8. The Morgan fingerprint density at radius 3 is 2.52 bits per heavy atom. The molecule has 2 rings (SSSR count). The fraction of sp³-hybridized carbons (Fsp3) is 0.368. The number of nitrogens with one attached hydrogen (secondary N) is 1. The largest absolute Gasteiger partial charge is 0.379 e. The highest BCUT2D eigenvalue weighted by molar-refractivity contribution is 7.99. The molecule has 1 aromatic carbocycles. The molecule has 1 aliphatic carbocycles. The molecule has 0 saturated heterocycles. The molecule has 0 heterocycles. The smallest absolute Gasteiger partial charge is 0.256 e. The zero-order chi connectivity index (χ0) is 20.2. The van der Waals surface area contributed by atoms with Crippen LogP contribution in [0.4, 0.5) is 13.2 Å². The first-order chi connectivity index (χ1) is 12.5. The highest BCUT2D eigenvalue weighted by Crippen LogP contribution is 2.36. The van der Waals surface area contributed by atoms with E-state index in [9.17, 15) is 23.1 Å². The van der Waals surface area contributed by atoms with Gasteiger partial charge in [0.2, 0.25) is 0 Å². The first-order valence-electron chi connectivity index (χ1n) is 8.14. The minimum atomic E-state index is -3.12. The molecular weight excluding hydrogens is 377 g/mol. The third-order valence-corrected chi connectivity index (χ3v) is 5.41. The Hall–Kier alpha value is -2.24. The molecule has 0 spiro atoms. The summed E-state index contributed by atoms with van der Waals surface area (Å²) in [6.45, 7) is 2.04. The van der Waals surface area contributed by atoms with Crippen molar-refractivity contribution >= 4 is 17.7 Å². The van der Waals surface area contributed by atoms with Crippen molar-refractivity contribution < 1.29 is 23.1 Å². The number of nitriles is 1. The van der Waals surface area contributed by atoms with Gasteiger partial charge in [-0.15, -0.1) is 11.8 Å². The third kappa shape index (κ3) is 5.62. The Labute approximate surface area is 159 Å². The molecule has 1 amide bonds. The van der Waals surface area contributed by atoms with E-state index in [-0.39, 0.29) is 29.3 Å². The van der Waals surface area contributed by atoms with Gasteiger partial charge >= 0.3 is 0 Å². The van der Waals surface area contributed by atoms with Crippen LogP contribution in [0.1, 0.15) is 20.3 Å². The van der Waals surface area contributed by atoms with E-state index in [1.165, 1.54) is 43.3 Å². The summed E-state index contributed by atoms with van der Waals surface area (Å²) in [4.78, 5) is 13.0. The van der Waals surface area contributed by atoms with E-state index in [0.29, 0.717) is 4.90 Å². The number of thioether (sulfide) groups is 1. The van der Waals surface area contributed by atoms with E-state index in [0.717, 1.165) is 18.7 Å². The summed E-state index contributed by atoms with van der Waals surface area (Å²) in [5, 5.41) is 21.8. The van der Waals surface area contributed by atoms with E-state index < -0.39 is 23.3 Å². The fourth-order valence-corrected chi connectivity index (χ4v) is 3.37.